The van der Waals surface area contributed by atoms with Gasteiger partial charge >= 0.3 is 0 Å². The summed E-state index contributed by atoms with van der Waals surface area (Å²) in [5.74, 6) is 0.534. The van der Waals surface area contributed by atoms with Crippen molar-refractivity contribution >= 4 is 5.91 Å². The lowest BCUT2D eigenvalue weighted by atomic mass is 9.95. The zero-order valence-electron chi connectivity index (χ0n) is 13.6. The summed E-state index contributed by atoms with van der Waals surface area (Å²) < 4.78 is 18.3. The van der Waals surface area contributed by atoms with Crippen molar-refractivity contribution in [2.45, 2.75) is 31.1 Å². The fourth-order valence-corrected chi connectivity index (χ4v) is 2.85. The number of amides is 1. The van der Waals surface area contributed by atoms with E-state index in [2.05, 4.69) is 5.32 Å². The first kappa shape index (κ1) is 16.5. The van der Waals surface area contributed by atoms with Crippen LogP contribution in [0.1, 0.15) is 31.2 Å². The molecule has 0 heterocycles. The molecule has 0 unspecified atom stereocenters. The van der Waals surface area contributed by atoms with Crippen molar-refractivity contribution in [2.75, 3.05) is 13.2 Å². The summed E-state index contributed by atoms with van der Waals surface area (Å²) in [5, 5.41) is 3.05. The first-order chi connectivity index (χ1) is 11.7. The smallest absolute Gasteiger partial charge is 0.230 e. The molecule has 2 aromatic carbocycles. The van der Waals surface area contributed by atoms with Crippen LogP contribution in [0, 0.1) is 5.82 Å². The van der Waals surface area contributed by atoms with Crippen molar-refractivity contribution in [3.63, 3.8) is 0 Å². The SMILES string of the molecule is O=C(NCCCCOc1ccc(F)cc1)C1(c2ccccc2)CC1. The number of carbonyl (C=O) groups is 1. The van der Waals surface area contributed by atoms with Crippen LogP contribution >= 0.6 is 0 Å². The van der Waals surface area contributed by atoms with Gasteiger partial charge in [-0.25, -0.2) is 4.39 Å². The fourth-order valence-electron chi connectivity index (χ4n) is 2.85. The summed E-state index contributed by atoms with van der Waals surface area (Å²) in [5.41, 5.74) is 0.813. The van der Waals surface area contributed by atoms with Gasteiger partial charge in [-0.15, -0.1) is 0 Å². The van der Waals surface area contributed by atoms with Crippen molar-refractivity contribution in [3.8, 4) is 5.75 Å². The lowest BCUT2D eigenvalue weighted by Crippen LogP contribution is -2.35. The molecule has 24 heavy (non-hydrogen) atoms. The molecule has 0 radical (unpaired) electrons. The van der Waals surface area contributed by atoms with Crippen molar-refractivity contribution in [3.05, 3.63) is 66.0 Å². The minimum Gasteiger partial charge on any atom is -0.494 e. The van der Waals surface area contributed by atoms with E-state index >= 15 is 0 Å². The van der Waals surface area contributed by atoms with Crippen LogP contribution in [-0.2, 0) is 10.2 Å². The number of ether oxygens (including phenoxy) is 1. The first-order valence-electron chi connectivity index (χ1n) is 8.43. The highest BCUT2D eigenvalue weighted by Crippen LogP contribution is 2.48. The molecule has 1 fully saturated rings. The standard InChI is InChI=1S/C20H22FNO2/c21-17-8-10-18(11-9-17)24-15-5-4-14-22-19(23)20(12-13-20)16-6-2-1-3-7-16/h1-3,6-11H,4-5,12-15H2,(H,22,23). The lowest BCUT2D eigenvalue weighted by molar-refractivity contribution is -0.123. The Morgan fingerprint density at radius 2 is 1.75 bits per heavy atom. The van der Waals surface area contributed by atoms with E-state index in [-0.39, 0.29) is 17.1 Å². The van der Waals surface area contributed by atoms with Crippen LogP contribution in [0.25, 0.3) is 0 Å². The lowest BCUT2D eigenvalue weighted by Gasteiger charge is -2.15. The Bertz CT molecular complexity index is 666. The molecule has 2 aromatic rings. The van der Waals surface area contributed by atoms with Gasteiger partial charge in [0.15, 0.2) is 0 Å². The van der Waals surface area contributed by atoms with E-state index in [1.54, 1.807) is 12.1 Å². The van der Waals surface area contributed by atoms with Crippen LogP contribution in [0.5, 0.6) is 5.75 Å². The highest BCUT2D eigenvalue weighted by molar-refractivity contribution is 5.91. The third kappa shape index (κ3) is 3.94. The van der Waals surface area contributed by atoms with Crippen LogP contribution in [0.4, 0.5) is 4.39 Å². The number of rotatable bonds is 8. The molecule has 0 spiro atoms. The molecule has 4 heteroatoms. The molecule has 1 amide bonds. The minimum atomic E-state index is -0.300. The molecule has 0 aromatic heterocycles. The number of nitrogens with one attached hydrogen (secondary N) is 1. The summed E-state index contributed by atoms with van der Waals surface area (Å²) >= 11 is 0. The molecule has 3 nitrogen and oxygen atoms in total. The van der Waals surface area contributed by atoms with Gasteiger partial charge in [-0.1, -0.05) is 30.3 Å². The van der Waals surface area contributed by atoms with Crippen LogP contribution in [0.15, 0.2) is 54.6 Å². The Labute approximate surface area is 141 Å². The summed E-state index contributed by atoms with van der Waals surface area (Å²) in [6.07, 6.45) is 3.56. The maximum atomic E-state index is 12.8. The van der Waals surface area contributed by atoms with E-state index in [9.17, 15) is 9.18 Å². The van der Waals surface area contributed by atoms with Gasteiger partial charge in [0.05, 0.1) is 12.0 Å². The van der Waals surface area contributed by atoms with Gasteiger partial charge in [0.25, 0.3) is 0 Å². The van der Waals surface area contributed by atoms with E-state index in [1.807, 2.05) is 30.3 Å². The molecule has 1 aliphatic carbocycles. The molecule has 0 saturated heterocycles. The average molecular weight is 327 g/mol. The Morgan fingerprint density at radius 3 is 2.42 bits per heavy atom. The number of benzene rings is 2. The van der Waals surface area contributed by atoms with Crippen LogP contribution < -0.4 is 10.1 Å². The van der Waals surface area contributed by atoms with Gasteiger partial charge < -0.3 is 10.1 Å². The van der Waals surface area contributed by atoms with E-state index in [0.717, 1.165) is 31.2 Å². The predicted octanol–water partition coefficient (Wildman–Crippen LogP) is 3.83. The molecule has 1 aliphatic rings. The summed E-state index contributed by atoms with van der Waals surface area (Å²) in [7, 11) is 0. The van der Waals surface area contributed by atoms with Gasteiger partial charge in [0.1, 0.15) is 11.6 Å². The van der Waals surface area contributed by atoms with E-state index < -0.39 is 0 Å². The largest absolute Gasteiger partial charge is 0.494 e. The Balaban J connectivity index is 1.35. The molecule has 3 rings (SSSR count). The van der Waals surface area contributed by atoms with Crippen molar-refractivity contribution in [1.29, 1.82) is 0 Å². The predicted molar refractivity (Wildman–Crippen MR) is 91.5 cm³/mol. The van der Waals surface area contributed by atoms with Gasteiger partial charge in [-0.3, -0.25) is 4.79 Å². The maximum absolute atomic E-state index is 12.8. The van der Waals surface area contributed by atoms with Crippen molar-refractivity contribution < 1.29 is 13.9 Å². The average Bonchev–Trinajstić information content (AvgIpc) is 3.42. The van der Waals surface area contributed by atoms with Crippen LogP contribution in [0.3, 0.4) is 0 Å². The molecule has 1 N–H and O–H groups in total. The zero-order valence-corrected chi connectivity index (χ0v) is 13.6. The first-order valence-corrected chi connectivity index (χ1v) is 8.43. The normalized spacial score (nSPS) is 14.9. The van der Waals surface area contributed by atoms with Gasteiger partial charge in [-0.05, 0) is 55.5 Å². The van der Waals surface area contributed by atoms with Gasteiger partial charge in [0, 0.05) is 6.54 Å². The third-order valence-electron chi connectivity index (χ3n) is 4.45. The van der Waals surface area contributed by atoms with E-state index in [4.69, 9.17) is 4.74 Å². The topological polar surface area (TPSA) is 38.3 Å². The van der Waals surface area contributed by atoms with Crippen molar-refractivity contribution in [1.82, 2.24) is 5.32 Å². The Kier molecular flexibility index (Phi) is 5.14. The highest BCUT2D eigenvalue weighted by atomic mass is 19.1. The fraction of sp³-hybridized carbons (Fsp3) is 0.350. The highest BCUT2D eigenvalue weighted by Gasteiger charge is 2.50. The van der Waals surface area contributed by atoms with E-state index in [0.29, 0.717) is 18.9 Å². The molecule has 0 bridgehead atoms. The van der Waals surface area contributed by atoms with Gasteiger partial charge in [0.2, 0.25) is 5.91 Å². The quantitative estimate of drug-likeness (QED) is 0.748. The number of unbranched alkanes of at least 4 members (excludes halogenated alkanes) is 1. The maximum Gasteiger partial charge on any atom is 0.230 e. The molecule has 0 aliphatic heterocycles. The molecule has 0 atom stereocenters. The summed E-state index contributed by atoms with van der Waals surface area (Å²) in [4.78, 5) is 12.4. The number of halogens is 1. The number of hydrogen-bond donors (Lipinski definition) is 1. The summed E-state index contributed by atoms with van der Waals surface area (Å²) in [6, 6.07) is 16.0. The Hall–Kier alpha value is -2.36. The zero-order chi connectivity index (χ0) is 16.8. The second-order valence-electron chi connectivity index (χ2n) is 6.21. The molecule has 126 valence electrons. The second-order valence-corrected chi connectivity index (χ2v) is 6.21. The van der Waals surface area contributed by atoms with Crippen LogP contribution in [-0.4, -0.2) is 19.1 Å². The second kappa shape index (κ2) is 7.47. The monoisotopic (exact) mass is 327 g/mol. The third-order valence-corrected chi connectivity index (χ3v) is 4.45. The molecular weight excluding hydrogens is 305 g/mol. The minimum absolute atomic E-state index is 0.133. The van der Waals surface area contributed by atoms with E-state index in [1.165, 1.54) is 12.1 Å². The van der Waals surface area contributed by atoms with Gasteiger partial charge in [-0.2, -0.15) is 0 Å². The summed E-state index contributed by atoms with van der Waals surface area (Å²) in [6.45, 7) is 1.21. The number of carbonyl (C=O) groups excluding carboxylic acids is 1. The van der Waals surface area contributed by atoms with Crippen LogP contribution in [0.2, 0.25) is 0 Å². The Morgan fingerprint density at radius 1 is 1.04 bits per heavy atom. The number of hydrogen-bond acceptors (Lipinski definition) is 2. The van der Waals surface area contributed by atoms with Crippen molar-refractivity contribution in [2.24, 2.45) is 0 Å². The molecular formula is C20H22FNO2. The molecule has 1 saturated carbocycles.